The summed E-state index contributed by atoms with van der Waals surface area (Å²) in [5.41, 5.74) is 2.23. The molecule has 112 valence electrons. The van der Waals surface area contributed by atoms with Crippen molar-refractivity contribution < 1.29 is 4.74 Å². The number of hydrogen-bond donors (Lipinski definition) is 1. The van der Waals surface area contributed by atoms with E-state index in [1.165, 1.54) is 0 Å². The monoisotopic (exact) mass is 348 g/mol. The second-order valence-electron chi connectivity index (χ2n) is 5.40. The van der Waals surface area contributed by atoms with E-state index in [2.05, 4.69) is 46.1 Å². The Morgan fingerprint density at radius 3 is 2.81 bits per heavy atom. The average molecular weight is 349 g/mol. The van der Waals surface area contributed by atoms with Gasteiger partial charge >= 0.3 is 0 Å². The van der Waals surface area contributed by atoms with Gasteiger partial charge in [0.05, 0.1) is 4.47 Å². The van der Waals surface area contributed by atoms with Crippen LogP contribution >= 0.6 is 15.9 Å². The second-order valence-corrected chi connectivity index (χ2v) is 6.26. The highest BCUT2D eigenvalue weighted by atomic mass is 79.9. The molecule has 4 heteroatoms. The molecule has 0 aliphatic heterocycles. The Morgan fingerprint density at radius 1 is 1.24 bits per heavy atom. The van der Waals surface area contributed by atoms with Crippen LogP contribution in [0.15, 0.2) is 47.2 Å². The molecule has 1 N–H and O–H groups in total. The lowest BCUT2D eigenvalue weighted by Crippen LogP contribution is -2.19. The molecule has 0 aliphatic carbocycles. The highest BCUT2D eigenvalue weighted by Crippen LogP contribution is 2.29. The fourth-order valence-corrected chi connectivity index (χ4v) is 2.51. The highest BCUT2D eigenvalue weighted by molar-refractivity contribution is 9.10. The zero-order valence-electron chi connectivity index (χ0n) is 12.5. The summed E-state index contributed by atoms with van der Waals surface area (Å²) < 4.78 is 6.97. The molecule has 0 atom stereocenters. The van der Waals surface area contributed by atoms with E-state index in [1.807, 2.05) is 30.5 Å². The molecule has 1 aromatic carbocycles. The van der Waals surface area contributed by atoms with Gasteiger partial charge in [-0.15, -0.1) is 0 Å². The third-order valence-corrected chi connectivity index (χ3v) is 3.65. The number of nitrogens with zero attached hydrogens (tertiary/aromatic N) is 1. The normalized spacial score (nSPS) is 10.9. The van der Waals surface area contributed by atoms with E-state index in [0.29, 0.717) is 12.5 Å². The molecule has 1 heterocycles. The lowest BCUT2D eigenvalue weighted by molar-refractivity contribution is 0.299. The van der Waals surface area contributed by atoms with Gasteiger partial charge in [-0.2, -0.15) is 0 Å². The molecule has 0 bridgehead atoms. The molecular weight excluding hydrogens is 328 g/mol. The van der Waals surface area contributed by atoms with Gasteiger partial charge in [-0.1, -0.05) is 32.0 Å². The average Bonchev–Trinajstić information content (AvgIpc) is 2.47. The van der Waals surface area contributed by atoms with Crippen molar-refractivity contribution in [3.8, 4) is 5.75 Å². The van der Waals surface area contributed by atoms with E-state index in [4.69, 9.17) is 4.74 Å². The highest BCUT2D eigenvalue weighted by Gasteiger charge is 2.08. The first-order valence-electron chi connectivity index (χ1n) is 7.16. The van der Waals surface area contributed by atoms with Crippen LogP contribution in [0.1, 0.15) is 25.0 Å². The Bertz CT molecular complexity index is 558. The van der Waals surface area contributed by atoms with Gasteiger partial charge in [-0.3, -0.25) is 4.98 Å². The predicted molar refractivity (Wildman–Crippen MR) is 89.3 cm³/mol. The number of aromatic nitrogens is 1. The first kappa shape index (κ1) is 16.0. The fourth-order valence-electron chi connectivity index (χ4n) is 1.99. The summed E-state index contributed by atoms with van der Waals surface area (Å²) >= 11 is 3.57. The van der Waals surface area contributed by atoms with Gasteiger partial charge in [0.15, 0.2) is 0 Å². The summed E-state index contributed by atoms with van der Waals surface area (Å²) in [6.07, 6.45) is 3.59. The van der Waals surface area contributed by atoms with Crippen LogP contribution < -0.4 is 10.1 Å². The van der Waals surface area contributed by atoms with Gasteiger partial charge in [0.25, 0.3) is 0 Å². The van der Waals surface area contributed by atoms with E-state index >= 15 is 0 Å². The SMILES string of the molecule is CC(C)CNCc1cccc(Br)c1OCc1cccnc1. The van der Waals surface area contributed by atoms with Crippen LogP contribution in [0.2, 0.25) is 0 Å². The molecular formula is C17H21BrN2O. The largest absolute Gasteiger partial charge is 0.487 e. The molecule has 0 aliphatic rings. The van der Waals surface area contributed by atoms with Crippen molar-refractivity contribution in [3.63, 3.8) is 0 Å². The van der Waals surface area contributed by atoms with E-state index in [9.17, 15) is 0 Å². The number of pyridine rings is 1. The fraction of sp³-hybridized carbons (Fsp3) is 0.353. The number of nitrogens with one attached hydrogen (secondary N) is 1. The minimum Gasteiger partial charge on any atom is -0.487 e. The molecule has 0 saturated carbocycles. The first-order chi connectivity index (χ1) is 10.2. The van der Waals surface area contributed by atoms with Crippen molar-refractivity contribution >= 4 is 15.9 Å². The molecule has 0 unspecified atom stereocenters. The zero-order valence-corrected chi connectivity index (χ0v) is 14.1. The zero-order chi connectivity index (χ0) is 15.1. The van der Waals surface area contributed by atoms with Crippen LogP contribution in [-0.2, 0) is 13.2 Å². The third-order valence-electron chi connectivity index (χ3n) is 3.02. The Kier molecular flexibility index (Phi) is 6.21. The van der Waals surface area contributed by atoms with Crippen molar-refractivity contribution in [1.29, 1.82) is 0 Å². The molecule has 1 aromatic heterocycles. The van der Waals surface area contributed by atoms with E-state index in [1.54, 1.807) is 6.20 Å². The predicted octanol–water partition coefficient (Wildman–Crippen LogP) is 4.17. The maximum atomic E-state index is 5.98. The Morgan fingerprint density at radius 2 is 2.10 bits per heavy atom. The molecule has 0 amide bonds. The van der Waals surface area contributed by atoms with Gasteiger partial charge in [0, 0.05) is 30.1 Å². The van der Waals surface area contributed by atoms with Crippen molar-refractivity contribution in [2.45, 2.75) is 27.0 Å². The second kappa shape index (κ2) is 8.15. The van der Waals surface area contributed by atoms with Crippen LogP contribution in [0, 0.1) is 5.92 Å². The molecule has 3 nitrogen and oxygen atoms in total. The maximum absolute atomic E-state index is 5.98. The Hall–Kier alpha value is -1.39. The molecule has 21 heavy (non-hydrogen) atoms. The smallest absolute Gasteiger partial charge is 0.138 e. The summed E-state index contributed by atoms with van der Waals surface area (Å²) in [7, 11) is 0. The van der Waals surface area contributed by atoms with Gasteiger partial charge in [0.1, 0.15) is 12.4 Å². The Balaban J connectivity index is 2.03. The number of hydrogen-bond acceptors (Lipinski definition) is 3. The minimum absolute atomic E-state index is 0.521. The van der Waals surface area contributed by atoms with Crippen molar-refractivity contribution in [1.82, 2.24) is 10.3 Å². The summed E-state index contributed by atoms with van der Waals surface area (Å²) in [5.74, 6) is 1.54. The van der Waals surface area contributed by atoms with Crippen molar-refractivity contribution in [2.75, 3.05) is 6.54 Å². The molecule has 2 rings (SSSR count). The number of benzene rings is 1. The quantitative estimate of drug-likeness (QED) is 0.815. The topological polar surface area (TPSA) is 34.1 Å². The lowest BCUT2D eigenvalue weighted by atomic mass is 10.2. The molecule has 0 radical (unpaired) electrons. The number of ether oxygens (including phenoxy) is 1. The first-order valence-corrected chi connectivity index (χ1v) is 7.96. The van der Waals surface area contributed by atoms with Crippen LogP contribution in [0.5, 0.6) is 5.75 Å². The van der Waals surface area contributed by atoms with Crippen LogP contribution in [-0.4, -0.2) is 11.5 Å². The Labute approximate surface area is 134 Å². The van der Waals surface area contributed by atoms with Gasteiger partial charge in [-0.25, -0.2) is 0 Å². The summed E-state index contributed by atoms with van der Waals surface area (Å²) in [5, 5.41) is 3.45. The summed E-state index contributed by atoms with van der Waals surface area (Å²) in [6, 6.07) is 10.1. The minimum atomic E-state index is 0.521. The van der Waals surface area contributed by atoms with Crippen LogP contribution in [0.25, 0.3) is 0 Å². The van der Waals surface area contributed by atoms with Crippen molar-refractivity contribution in [2.24, 2.45) is 5.92 Å². The standard InChI is InChI=1S/C17H21BrN2O/c1-13(2)9-20-11-15-6-3-7-16(18)17(15)21-12-14-5-4-8-19-10-14/h3-8,10,13,20H,9,11-12H2,1-2H3. The van der Waals surface area contributed by atoms with Crippen molar-refractivity contribution in [3.05, 3.63) is 58.3 Å². The van der Waals surface area contributed by atoms with Crippen LogP contribution in [0.3, 0.4) is 0 Å². The van der Waals surface area contributed by atoms with Gasteiger partial charge in [0.2, 0.25) is 0 Å². The summed E-state index contributed by atoms with van der Waals surface area (Å²) in [4.78, 5) is 4.11. The van der Waals surface area contributed by atoms with Gasteiger partial charge < -0.3 is 10.1 Å². The molecule has 0 fully saturated rings. The number of rotatable bonds is 7. The van der Waals surface area contributed by atoms with E-state index in [-0.39, 0.29) is 0 Å². The maximum Gasteiger partial charge on any atom is 0.138 e. The molecule has 0 saturated heterocycles. The summed E-state index contributed by atoms with van der Waals surface area (Å²) in [6.45, 7) is 6.73. The molecule has 2 aromatic rings. The molecule has 0 spiro atoms. The van der Waals surface area contributed by atoms with Gasteiger partial charge in [-0.05, 0) is 40.5 Å². The number of para-hydroxylation sites is 1. The van der Waals surface area contributed by atoms with E-state index in [0.717, 1.165) is 34.4 Å². The van der Waals surface area contributed by atoms with E-state index < -0.39 is 0 Å². The lowest BCUT2D eigenvalue weighted by Gasteiger charge is -2.14. The van der Waals surface area contributed by atoms with Crippen LogP contribution in [0.4, 0.5) is 0 Å². The third kappa shape index (κ3) is 5.14. The number of halogens is 1.